The molecule has 0 saturated carbocycles. The molecule has 3 unspecified atom stereocenters. The summed E-state index contributed by atoms with van der Waals surface area (Å²) >= 11 is 0. The van der Waals surface area contributed by atoms with Gasteiger partial charge in [0.1, 0.15) is 0 Å². The first-order valence-electron chi connectivity index (χ1n) is 9.72. The SMILES string of the molecule is O=C(C1NCCCC1c1ccccc1)N1CCN(C2CCOC2)CC1. The summed E-state index contributed by atoms with van der Waals surface area (Å²) in [5.41, 5.74) is 1.29. The van der Waals surface area contributed by atoms with Gasteiger partial charge in [-0.05, 0) is 31.4 Å². The summed E-state index contributed by atoms with van der Waals surface area (Å²) in [6, 6.07) is 11.0. The topological polar surface area (TPSA) is 44.8 Å². The van der Waals surface area contributed by atoms with Gasteiger partial charge in [-0.25, -0.2) is 0 Å². The standard InChI is InChI=1S/C20H29N3O2/c24-20(23-12-10-22(11-13-23)17-8-14-25-15-17)19-18(7-4-9-21-19)16-5-2-1-3-6-16/h1-3,5-6,17-19,21H,4,7-15H2. The average Bonchev–Trinajstić information content (AvgIpc) is 3.23. The highest BCUT2D eigenvalue weighted by Gasteiger charge is 2.36. The largest absolute Gasteiger partial charge is 0.380 e. The Morgan fingerprint density at radius 3 is 2.60 bits per heavy atom. The average molecular weight is 343 g/mol. The normalized spacial score (nSPS) is 31.2. The molecule has 1 N–H and O–H groups in total. The number of piperazine rings is 1. The van der Waals surface area contributed by atoms with Crippen molar-refractivity contribution in [3.63, 3.8) is 0 Å². The number of rotatable bonds is 3. The molecule has 3 aliphatic heterocycles. The van der Waals surface area contributed by atoms with Crippen molar-refractivity contribution in [1.29, 1.82) is 0 Å². The zero-order chi connectivity index (χ0) is 17.1. The van der Waals surface area contributed by atoms with Crippen molar-refractivity contribution in [2.45, 2.75) is 37.3 Å². The van der Waals surface area contributed by atoms with Crippen LogP contribution in [-0.2, 0) is 9.53 Å². The molecular formula is C20H29N3O2. The molecule has 5 heteroatoms. The lowest BCUT2D eigenvalue weighted by molar-refractivity contribution is -0.136. The van der Waals surface area contributed by atoms with Crippen molar-refractivity contribution in [1.82, 2.24) is 15.1 Å². The van der Waals surface area contributed by atoms with E-state index in [1.165, 1.54) is 5.56 Å². The van der Waals surface area contributed by atoms with Gasteiger partial charge in [-0.2, -0.15) is 0 Å². The Morgan fingerprint density at radius 2 is 1.88 bits per heavy atom. The number of hydrogen-bond donors (Lipinski definition) is 1. The van der Waals surface area contributed by atoms with Gasteiger partial charge in [0, 0.05) is 44.7 Å². The molecule has 0 aromatic heterocycles. The lowest BCUT2D eigenvalue weighted by Gasteiger charge is -2.41. The predicted molar refractivity (Wildman–Crippen MR) is 97.6 cm³/mol. The molecule has 1 aromatic carbocycles. The van der Waals surface area contributed by atoms with E-state index in [1.807, 2.05) is 6.07 Å². The minimum absolute atomic E-state index is 0.0717. The fourth-order valence-electron chi connectivity index (χ4n) is 4.52. The second-order valence-corrected chi connectivity index (χ2v) is 7.47. The summed E-state index contributed by atoms with van der Waals surface area (Å²) in [5, 5.41) is 3.51. The van der Waals surface area contributed by atoms with Crippen molar-refractivity contribution in [3.8, 4) is 0 Å². The fourth-order valence-corrected chi connectivity index (χ4v) is 4.52. The third-order valence-electron chi connectivity index (χ3n) is 6.00. The van der Waals surface area contributed by atoms with E-state index in [1.54, 1.807) is 0 Å². The number of carbonyl (C=O) groups is 1. The van der Waals surface area contributed by atoms with Crippen LogP contribution in [0.2, 0.25) is 0 Å². The van der Waals surface area contributed by atoms with Crippen molar-refractivity contribution < 1.29 is 9.53 Å². The first kappa shape index (κ1) is 17.0. The molecule has 136 valence electrons. The van der Waals surface area contributed by atoms with Gasteiger partial charge in [-0.3, -0.25) is 9.69 Å². The minimum atomic E-state index is -0.0717. The Kier molecular flexibility index (Phi) is 5.34. The van der Waals surface area contributed by atoms with E-state index in [4.69, 9.17) is 4.74 Å². The predicted octanol–water partition coefficient (Wildman–Crippen LogP) is 1.46. The molecule has 4 rings (SSSR count). The molecule has 0 aliphatic carbocycles. The van der Waals surface area contributed by atoms with Gasteiger partial charge in [-0.15, -0.1) is 0 Å². The van der Waals surface area contributed by atoms with Gasteiger partial charge >= 0.3 is 0 Å². The number of ether oxygens (including phenoxy) is 1. The lowest BCUT2D eigenvalue weighted by atomic mass is 9.84. The highest BCUT2D eigenvalue weighted by molar-refractivity contribution is 5.83. The molecule has 0 spiro atoms. The lowest BCUT2D eigenvalue weighted by Crippen LogP contribution is -2.58. The third kappa shape index (κ3) is 3.73. The van der Waals surface area contributed by atoms with E-state index in [-0.39, 0.29) is 11.9 Å². The molecule has 5 nitrogen and oxygen atoms in total. The maximum atomic E-state index is 13.2. The number of amides is 1. The van der Waals surface area contributed by atoms with Crippen LogP contribution in [0.5, 0.6) is 0 Å². The van der Waals surface area contributed by atoms with Crippen LogP contribution in [0.1, 0.15) is 30.7 Å². The zero-order valence-electron chi connectivity index (χ0n) is 14.9. The van der Waals surface area contributed by atoms with E-state index in [0.29, 0.717) is 12.0 Å². The summed E-state index contributed by atoms with van der Waals surface area (Å²) in [5.74, 6) is 0.583. The van der Waals surface area contributed by atoms with E-state index in [2.05, 4.69) is 39.4 Å². The summed E-state index contributed by atoms with van der Waals surface area (Å²) in [6.45, 7) is 6.32. The minimum Gasteiger partial charge on any atom is -0.380 e. The molecule has 25 heavy (non-hydrogen) atoms. The maximum absolute atomic E-state index is 13.2. The van der Waals surface area contributed by atoms with Crippen LogP contribution in [0, 0.1) is 0 Å². The second kappa shape index (κ2) is 7.85. The highest BCUT2D eigenvalue weighted by atomic mass is 16.5. The van der Waals surface area contributed by atoms with Gasteiger partial charge in [-0.1, -0.05) is 30.3 Å². The quantitative estimate of drug-likeness (QED) is 0.902. The first-order valence-corrected chi connectivity index (χ1v) is 9.72. The summed E-state index contributed by atoms with van der Waals surface area (Å²) < 4.78 is 5.51. The van der Waals surface area contributed by atoms with E-state index >= 15 is 0 Å². The Labute approximate surface area is 150 Å². The summed E-state index contributed by atoms with van der Waals surface area (Å²) in [7, 11) is 0. The second-order valence-electron chi connectivity index (χ2n) is 7.47. The molecule has 0 radical (unpaired) electrons. The molecule has 3 aliphatic rings. The van der Waals surface area contributed by atoms with Crippen LogP contribution < -0.4 is 5.32 Å². The maximum Gasteiger partial charge on any atom is 0.240 e. The van der Waals surface area contributed by atoms with Crippen LogP contribution in [0.3, 0.4) is 0 Å². The monoisotopic (exact) mass is 343 g/mol. The van der Waals surface area contributed by atoms with E-state index in [0.717, 1.165) is 65.2 Å². The first-order chi connectivity index (χ1) is 12.3. The van der Waals surface area contributed by atoms with E-state index in [9.17, 15) is 4.79 Å². The number of nitrogens with one attached hydrogen (secondary N) is 1. The van der Waals surface area contributed by atoms with Crippen molar-refractivity contribution in [3.05, 3.63) is 35.9 Å². The van der Waals surface area contributed by atoms with Crippen molar-refractivity contribution in [2.75, 3.05) is 45.9 Å². The van der Waals surface area contributed by atoms with Gasteiger partial charge < -0.3 is 15.0 Å². The summed E-state index contributed by atoms with van der Waals surface area (Å²) in [6.07, 6.45) is 3.36. The molecule has 3 atom stereocenters. The van der Waals surface area contributed by atoms with Crippen LogP contribution in [0.15, 0.2) is 30.3 Å². The molecule has 3 heterocycles. The summed E-state index contributed by atoms with van der Waals surface area (Å²) in [4.78, 5) is 17.8. The third-order valence-corrected chi connectivity index (χ3v) is 6.00. The Bertz CT molecular complexity index is 566. The molecule has 3 saturated heterocycles. The van der Waals surface area contributed by atoms with Crippen molar-refractivity contribution >= 4 is 5.91 Å². The molecule has 0 bridgehead atoms. The van der Waals surface area contributed by atoms with Gasteiger partial charge in [0.05, 0.1) is 12.6 Å². The van der Waals surface area contributed by atoms with Gasteiger partial charge in [0.2, 0.25) is 5.91 Å². The number of piperidine rings is 1. The van der Waals surface area contributed by atoms with Gasteiger partial charge in [0.15, 0.2) is 0 Å². The Morgan fingerprint density at radius 1 is 1.08 bits per heavy atom. The molecule has 1 aromatic rings. The smallest absolute Gasteiger partial charge is 0.240 e. The molecular weight excluding hydrogens is 314 g/mol. The van der Waals surface area contributed by atoms with E-state index < -0.39 is 0 Å². The van der Waals surface area contributed by atoms with Gasteiger partial charge in [0.25, 0.3) is 0 Å². The highest BCUT2D eigenvalue weighted by Crippen LogP contribution is 2.29. The van der Waals surface area contributed by atoms with Crippen LogP contribution in [-0.4, -0.2) is 73.7 Å². The number of benzene rings is 1. The molecule has 1 amide bonds. The zero-order valence-corrected chi connectivity index (χ0v) is 14.9. The van der Waals surface area contributed by atoms with Crippen LogP contribution in [0.4, 0.5) is 0 Å². The van der Waals surface area contributed by atoms with Crippen molar-refractivity contribution in [2.24, 2.45) is 0 Å². The number of hydrogen-bond acceptors (Lipinski definition) is 4. The van der Waals surface area contributed by atoms with Crippen LogP contribution >= 0.6 is 0 Å². The number of carbonyl (C=O) groups excluding carboxylic acids is 1. The number of nitrogens with zero attached hydrogens (tertiary/aromatic N) is 2. The fraction of sp³-hybridized carbons (Fsp3) is 0.650. The molecule has 3 fully saturated rings. The Hall–Kier alpha value is -1.43. The van der Waals surface area contributed by atoms with Crippen LogP contribution in [0.25, 0.3) is 0 Å². The Balaban J connectivity index is 1.39.